The summed E-state index contributed by atoms with van der Waals surface area (Å²) in [5, 5.41) is 3.60. The lowest BCUT2D eigenvalue weighted by molar-refractivity contribution is 0.630. The van der Waals surface area contributed by atoms with E-state index in [1.807, 2.05) is 34.9 Å². The molecule has 98 valence electrons. The summed E-state index contributed by atoms with van der Waals surface area (Å²) in [5.74, 6) is -0.293. The van der Waals surface area contributed by atoms with Crippen LogP contribution in [0.15, 0.2) is 59.8 Å². The Hall–Kier alpha value is -2.78. The lowest BCUT2D eigenvalue weighted by atomic mass is 10.1. The van der Waals surface area contributed by atoms with Gasteiger partial charge in [0.25, 0.3) is 0 Å². The van der Waals surface area contributed by atoms with Gasteiger partial charge in [-0.15, -0.1) is 0 Å². The molecular formula is C15H11FN4. The molecule has 0 aliphatic carbocycles. The van der Waals surface area contributed by atoms with Gasteiger partial charge in [0, 0.05) is 22.2 Å². The molecule has 5 heteroatoms. The van der Waals surface area contributed by atoms with Crippen molar-refractivity contribution >= 4 is 5.52 Å². The number of nitrogens with zero attached hydrogens (tertiary/aromatic N) is 4. The van der Waals surface area contributed by atoms with E-state index in [-0.39, 0.29) is 12.4 Å². The van der Waals surface area contributed by atoms with Gasteiger partial charge < -0.3 is 4.40 Å². The van der Waals surface area contributed by atoms with Crippen LogP contribution in [0.1, 0.15) is 5.56 Å². The van der Waals surface area contributed by atoms with Gasteiger partial charge in [-0.3, -0.25) is 0 Å². The maximum Gasteiger partial charge on any atom is 0.132 e. The van der Waals surface area contributed by atoms with E-state index in [1.54, 1.807) is 18.2 Å². The minimum atomic E-state index is -0.293. The maximum absolute atomic E-state index is 14.1. The van der Waals surface area contributed by atoms with Gasteiger partial charge in [0.2, 0.25) is 0 Å². The van der Waals surface area contributed by atoms with Gasteiger partial charge in [0.15, 0.2) is 0 Å². The van der Waals surface area contributed by atoms with Crippen molar-refractivity contribution in [1.29, 1.82) is 0 Å². The summed E-state index contributed by atoms with van der Waals surface area (Å²) < 4.78 is 16.0. The highest BCUT2D eigenvalue weighted by Gasteiger charge is 2.14. The van der Waals surface area contributed by atoms with E-state index in [0.717, 1.165) is 16.8 Å². The van der Waals surface area contributed by atoms with E-state index in [9.17, 15) is 4.39 Å². The molecule has 0 saturated heterocycles. The summed E-state index contributed by atoms with van der Waals surface area (Å²) >= 11 is 0. The first-order valence-electron chi connectivity index (χ1n) is 6.16. The average molecular weight is 266 g/mol. The largest absolute Gasteiger partial charge is 0.316 e. The molecule has 1 aromatic carbocycles. The summed E-state index contributed by atoms with van der Waals surface area (Å²) in [6.07, 6.45) is 1.87. The van der Waals surface area contributed by atoms with Gasteiger partial charge in [0.1, 0.15) is 5.82 Å². The number of aromatic nitrogens is 1. The third kappa shape index (κ3) is 2.00. The maximum atomic E-state index is 14.1. The molecule has 0 radical (unpaired) electrons. The number of rotatable bonds is 3. The minimum Gasteiger partial charge on any atom is -0.316 e. The predicted molar refractivity (Wildman–Crippen MR) is 75.6 cm³/mol. The second kappa shape index (κ2) is 5.07. The van der Waals surface area contributed by atoms with Crippen molar-refractivity contribution in [2.24, 2.45) is 5.11 Å². The van der Waals surface area contributed by atoms with E-state index in [2.05, 4.69) is 10.0 Å². The van der Waals surface area contributed by atoms with Crippen LogP contribution in [0.25, 0.3) is 27.2 Å². The summed E-state index contributed by atoms with van der Waals surface area (Å²) in [5.41, 5.74) is 11.5. The van der Waals surface area contributed by atoms with Crippen molar-refractivity contribution in [2.75, 3.05) is 0 Å². The number of halogens is 1. The fourth-order valence-corrected chi connectivity index (χ4v) is 2.36. The Labute approximate surface area is 114 Å². The zero-order valence-electron chi connectivity index (χ0n) is 10.6. The topological polar surface area (TPSA) is 53.2 Å². The number of benzene rings is 1. The van der Waals surface area contributed by atoms with Crippen LogP contribution in [0, 0.1) is 5.82 Å². The van der Waals surface area contributed by atoms with Crippen LogP contribution >= 0.6 is 0 Å². The molecular weight excluding hydrogens is 255 g/mol. The first-order valence-corrected chi connectivity index (χ1v) is 6.16. The zero-order chi connectivity index (χ0) is 13.9. The highest BCUT2D eigenvalue weighted by atomic mass is 19.1. The summed E-state index contributed by atoms with van der Waals surface area (Å²) in [6, 6.07) is 14.2. The first kappa shape index (κ1) is 12.3. The lowest BCUT2D eigenvalue weighted by Gasteiger charge is -2.07. The summed E-state index contributed by atoms with van der Waals surface area (Å²) in [4.78, 5) is 2.78. The molecule has 0 fully saturated rings. The lowest BCUT2D eigenvalue weighted by Crippen LogP contribution is -1.93. The Morgan fingerprint density at radius 2 is 1.95 bits per heavy atom. The van der Waals surface area contributed by atoms with Crippen molar-refractivity contribution < 1.29 is 4.39 Å². The fourth-order valence-electron chi connectivity index (χ4n) is 2.36. The first-order chi connectivity index (χ1) is 9.81. The summed E-state index contributed by atoms with van der Waals surface area (Å²) in [6.45, 7) is 0.196. The Balaban J connectivity index is 2.31. The molecule has 3 aromatic rings. The van der Waals surface area contributed by atoms with Gasteiger partial charge in [-0.05, 0) is 41.4 Å². The Bertz CT molecular complexity index is 816. The normalized spacial score (nSPS) is 10.4. The van der Waals surface area contributed by atoms with Crippen LogP contribution in [0.3, 0.4) is 0 Å². The number of pyridine rings is 1. The molecule has 2 heterocycles. The molecule has 0 bridgehead atoms. The van der Waals surface area contributed by atoms with Crippen LogP contribution in [0.4, 0.5) is 4.39 Å². The van der Waals surface area contributed by atoms with E-state index in [1.165, 1.54) is 6.07 Å². The second-order valence-electron chi connectivity index (χ2n) is 4.38. The monoisotopic (exact) mass is 266 g/mol. The molecule has 20 heavy (non-hydrogen) atoms. The van der Waals surface area contributed by atoms with Crippen molar-refractivity contribution in [3.8, 4) is 11.3 Å². The smallest absolute Gasteiger partial charge is 0.132 e. The standard InChI is InChI=1S/C15H11FN4/c16-14-7-2-1-6-13(14)15-11(10-18-19-17)9-12-5-3-4-8-20(12)15/h1-9H,10H2. The fraction of sp³-hybridized carbons (Fsp3) is 0.0667. The second-order valence-corrected chi connectivity index (χ2v) is 4.38. The Morgan fingerprint density at radius 1 is 1.15 bits per heavy atom. The van der Waals surface area contributed by atoms with Crippen LogP contribution in [-0.2, 0) is 6.54 Å². The van der Waals surface area contributed by atoms with Crippen molar-refractivity contribution in [3.05, 3.63) is 76.6 Å². The molecule has 3 rings (SSSR count). The van der Waals surface area contributed by atoms with Gasteiger partial charge in [-0.25, -0.2) is 4.39 Å². The quantitative estimate of drug-likeness (QED) is 0.379. The van der Waals surface area contributed by atoms with Gasteiger partial charge in [0.05, 0.1) is 12.2 Å². The number of hydrogen-bond donors (Lipinski definition) is 0. The number of hydrogen-bond acceptors (Lipinski definition) is 1. The van der Waals surface area contributed by atoms with Crippen molar-refractivity contribution in [2.45, 2.75) is 6.54 Å². The van der Waals surface area contributed by atoms with E-state index in [0.29, 0.717) is 5.56 Å². The molecule has 0 unspecified atom stereocenters. The highest BCUT2D eigenvalue weighted by Crippen LogP contribution is 2.30. The van der Waals surface area contributed by atoms with Crippen molar-refractivity contribution in [3.63, 3.8) is 0 Å². The highest BCUT2D eigenvalue weighted by molar-refractivity contribution is 5.72. The van der Waals surface area contributed by atoms with Gasteiger partial charge >= 0.3 is 0 Å². The molecule has 4 nitrogen and oxygen atoms in total. The van der Waals surface area contributed by atoms with E-state index >= 15 is 0 Å². The summed E-state index contributed by atoms with van der Waals surface area (Å²) in [7, 11) is 0. The molecule has 0 amide bonds. The molecule has 0 saturated carbocycles. The minimum absolute atomic E-state index is 0.196. The molecule has 0 aliphatic heterocycles. The van der Waals surface area contributed by atoms with E-state index in [4.69, 9.17) is 5.53 Å². The number of azide groups is 1. The Morgan fingerprint density at radius 3 is 2.75 bits per heavy atom. The molecule has 0 aliphatic rings. The van der Waals surface area contributed by atoms with Gasteiger partial charge in [-0.2, -0.15) is 0 Å². The van der Waals surface area contributed by atoms with Crippen LogP contribution in [0.5, 0.6) is 0 Å². The zero-order valence-corrected chi connectivity index (χ0v) is 10.6. The predicted octanol–water partition coefficient (Wildman–Crippen LogP) is 4.56. The molecule has 0 spiro atoms. The van der Waals surface area contributed by atoms with Crippen LogP contribution < -0.4 is 0 Å². The third-order valence-electron chi connectivity index (χ3n) is 3.19. The molecule has 2 aromatic heterocycles. The number of fused-ring (bicyclic) bond motifs is 1. The average Bonchev–Trinajstić information content (AvgIpc) is 2.84. The van der Waals surface area contributed by atoms with Gasteiger partial charge in [-0.1, -0.05) is 23.3 Å². The molecule has 0 atom stereocenters. The van der Waals surface area contributed by atoms with E-state index < -0.39 is 0 Å². The van der Waals surface area contributed by atoms with Crippen molar-refractivity contribution in [1.82, 2.24) is 4.40 Å². The molecule has 0 N–H and O–H groups in total. The SMILES string of the molecule is [N-]=[N+]=NCc1cc2ccccn2c1-c1ccccc1F. The third-order valence-corrected chi connectivity index (χ3v) is 3.19. The van der Waals surface area contributed by atoms with Crippen LogP contribution in [0.2, 0.25) is 0 Å². The van der Waals surface area contributed by atoms with Crippen LogP contribution in [-0.4, -0.2) is 4.40 Å². The Kier molecular flexibility index (Phi) is 3.11.